The summed E-state index contributed by atoms with van der Waals surface area (Å²) in [5.41, 5.74) is 1.10. The molecule has 3 heterocycles. The highest BCUT2D eigenvalue weighted by molar-refractivity contribution is 5.66. The maximum absolute atomic E-state index is 14.5. The molecule has 1 aromatic carbocycles. The molecule has 194 valence electrons. The lowest BCUT2D eigenvalue weighted by Crippen LogP contribution is -2.72. The van der Waals surface area contributed by atoms with E-state index in [1.165, 1.54) is 24.4 Å². The molecule has 3 aromatic heterocycles. The van der Waals surface area contributed by atoms with E-state index in [0.29, 0.717) is 11.4 Å². The summed E-state index contributed by atoms with van der Waals surface area (Å²) in [5, 5.41) is 18.4. The van der Waals surface area contributed by atoms with Crippen molar-refractivity contribution in [2.45, 2.75) is 50.6 Å². The lowest BCUT2D eigenvalue weighted by atomic mass is 9.27. The van der Waals surface area contributed by atoms with E-state index in [4.69, 9.17) is 9.40 Å². The van der Waals surface area contributed by atoms with Crippen molar-refractivity contribution in [3.8, 4) is 22.8 Å². The fourth-order valence-electron chi connectivity index (χ4n) is 7.33. The topological polar surface area (TPSA) is 97.8 Å². The van der Waals surface area contributed by atoms with E-state index in [1.54, 1.807) is 12.3 Å². The zero-order chi connectivity index (χ0) is 26.6. The van der Waals surface area contributed by atoms with Gasteiger partial charge in [0.25, 0.3) is 6.43 Å². The van der Waals surface area contributed by atoms with Crippen molar-refractivity contribution < 1.29 is 27.1 Å². The molecule has 0 spiro atoms. The van der Waals surface area contributed by atoms with Crippen LogP contribution in [0.5, 0.6) is 0 Å². The van der Waals surface area contributed by atoms with E-state index in [1.807, 2.05) is 0 Å². The Hall–Kier alpha value is -3.73. The monoisotopic (exact) mass is 523 g/mol. The molecule has 4 aromatic rings. The maximum Gasteiger partial charge on any atom is 0.269 e. The van der Waals surface area contributed by atoms with Crippen molar-refractivity contribution in [3.05, 3.63) is 77.2 Å². The summed E-state index contributed by atoms with van der Waals surface area (Å²) in [6.45, 7) is 4.38. The first kappa shape index (κ1) is 23.4. The zero-order valence-corrected chi connectivity index (χ0v) is 20.3. The second-order valence-electron chi connectivity index (χ2n) is 10.9. The van der Waals surface area contributed by atoms with Gasteiger partial charge in [-0.3, -0.25) is 4.98 Å². The fraction of sp³-hybridized carbons (Fsp3) is 0.370. The molecule has 2 saturated carbocycles. The number of alkyl halides is 2. The lowest BCUT2D eigenvalue weighted by Gasteiger charge is -2.75. The van der Waals surface area contributed by atoms with Gasteiger partial charge in [0.2, 0.25) is 5.89 Å². The quantitative estimate of drug-likeness (QED) is 0.351. The Morgan fingerprint density at radius 1 is 1.05 bits per heavy atom. The predicted octanol–water partition coefficient (Wildman–Crippen LogP) is 5.37. The van der Waals surface area contributed by atoms with Crippen molar-refractivity contribution in [3.63, 3.8) is 0 Å². The van der Waals surface area contributed by atoms with Crippen molar-refractivity contribution in [1.29, 1.82) is 0 Å². The average Bonchev–Trinajstić information content (AvgIpc) is 3.40. The molecule has 7 nitrogen and oxygen atoms in total. The maximum atomic E-state index is 14.5. The first-order valence-corrected chi connectivity index (χ1v) is 12.2. The van der Waals surface area contributed by atoms with Gasteiger partial charge >= 0.3 is 0 Å². The standard InChI is InChI=1S/C27H21F4N5O2/c1-25-7-13-12-6-16(20-14(28)4-3-5-15(20)29)35-36-22(12)27(11-25,26(13,25)2)19-9-32-8-17(33-19)24-34-18(10-38-24)21(37)23(30)31/h3-6,8-10,13,21,23,37H,7,11H2,1-2H3/t13-,21+,25?,26?,27-/m0/s1. The minimum atomic E-state index is -3.01. The van der Waals surface area contributed by atoms with Gasteiger partial charge < -0.3 is 9.52 Å². The summed E-state index contributed by atoms with van der Waals surface area (Å²) in [4.78, 5) is 13.1. The van der Waals surface area contributed by atoms with Crippen LogP contribution >= 0.6 is 0 Å². The zero-order valence-electron chi connectivity index (χ0n) is 20.3. The van der Waals surface area contributed by atoms with Crippen molar-refractivity contribution in [1.82, 2.24) is 25.1 Å². The normalized spacial score (nSPS) is 29.4. The number of oxazole rings is 1. The van der Waals surface area contributed by atoms with Gasteiger partial charge in [-0.05, 0) is 53.4 Å². The number of aromatic nitrogens is 5. The number of aliphatic hydroxyl groups is 1. The Balaban J connectivity index is 1.35. The summed E-state index contributed by atoms with van der Waals surface area (Å²) in [6, 6.07) is 5.42. The molecule has 1 N–H and O–H groups in total. The number of fused-ring (bicyclic) bond motifs is 3. The van der Waals surface area contributed by atoms with Crippen molar-refractivity contribution >= 4 is 0 Å². The molecular formula is C27H21F4N5O2. The molecule has 11 heteroatoms. The third-order valence-electron chi connectivity index (χ3n) is 9.32. The smallest absolute Gasteiger partial charge is 0.269 e. The van der Waals surface area contributed by atoms with Crippen LogP contribution in [0.2, 0.25) is 0 Å². The first-order valence-electron chi connectivity index (χ1n) is 12.2. The lowest BCUT2D eigenvalue weighted by molar-refractivity contribution is -0.220. The number of benzene rings is 1. The van der Waals surface area contributed by atoms with E-state index in [2.05, 4.69) is 34.0 Å². The van der Waals surface area contributed by atoms with E-state index < -0.39 is 29.6 Å². The highest BCUT2D eigenvalue weighted by Gasteiger charge is 2.84. The Labute approximate surface area is 214 Å². The summed E-state index contributed by atoms with van der Waals surface area (Å²) in [5.74, 6) is -1.38. The molecule has 2 fully saturated rings. The third kappa shape index (κ3) is 2.64. The number of hydrogen-bond donors (Lipinski definition) is 1. The van der Waals surface area contributed by atoms with Gasteiger partial charge in [0, 0.05) is 6.20 Å². The van der Waals surface area contributed by atoms with Crippen LogP contribution in [0.25, 0.3) is 22.8 Å². The van der Waals surface area contributed by atoms with Crippen LogP contribution in [-0.4, -0.2) is 36.7 Å². The Morgan fingerprint density at radius 2 is 1.82 bits per heavy atom. The van der Waals surface area contributed by atoms with Gasteiger partial charge in [0.05, 0.1) is 34.3 Å². The molecule has 0 aliphatic heterocycles. The first-order chi connectivity index (χ1) is 18.1. The molecule has 3 aliphatic carbocycles. The highest BCUT2D eigenvalue weighted by Crippen LogP contribution is 2.88. The SMILES string of the molecule is CC12C[C@H]3c4cc(-c5c(F)cccc5F)nnc4[C@@](c4cncc(-c5nc([C@@H](O)C(F)F)co5)n4)(C1)C32C. The average molecular weight is 523 g/mol. The van der Waals surface area contributed by atoms with Crippen LogP contribution in [0.1, 0.15) is 61.4 Å². The second kappa shape index (κ2) is 7.43. The van der Waals surface area contributed by atoms with Crippen LogP contribution in [-0.2, 0) is 5.41 Å². The van der Waals surface area contributed by atoms with Gasteiger partial charge in [-0.15, -0.1) is 5.10 Å². The molecule has 38 heavy (non-hydrogen) atoms. The molecule has 0 saturated heterocycles. The fourth-order valence-corrected chi connectivity index (χ4v) is 7.33. The summed E-state index contributed by atoms with van der Waals surface area (Å²) >= 11 is 0. The number of hydrogen-bond acceptors (Lipinski definition) is 7. The number of halogens is 4. The minimum Gasteiger partial charge on any atom is -0.443 e. The molecule has 2 unspecified atom stereocenters. The molecule has 5 atom stereocenters. The van der Waals surface area contributed by atoms with Crippen LogP contribution in [0.4, 0.5) is 17.6 Å². The van der Waals surface area contributed by atoms with Crippen LogP contribution in [0, 0.1) is 22.5 Å². The summed E-state index contributed by atoms with van der Waals surface area (Å²) < 4.78 is 60.3. The highest BCUT2D eigenvalue weighted by atomic mass is 19.3. The van der Waals surface area contributed by atoms with Crippen LogP contribution in [0.15, 0.2) is 47.3 Å². The molecule has 0 bridgehead atoms. The number of nitrogens with zero attached hydrogens (tertiary/aromatic N) is 5. The minimum absolute atomic E-state index is 0.00304. The van der Waals surface area contributed by atoms with Crippen molar-refractivity contribution in [2.75, 3.05) is 0 Å². The van der Waals surface area contributed by atoms with Crippen molar-refractivity contribution in [2.24, 2.45) is 10.8 Å². The molecule has 0 amide bonds. The van der Waals surface area contributed by atoms with Gasteiger partial charge in [-0.2, -0.15) is 5.10 Å². The van der Waals surface area contributed by atoms with E-state index >= 15 is 0 Å². The van der Waals surface area contributed by atoms with Crippen LogP contribution < -0.4 is 0 Å². The van der Waals surface area contributed by atoms with Gasteiger partial charge in [0.15, 0.2) is 6.10 Å². The second-order valence-corrected chi connectivity index (χ2v) is 10.9. The Morgan fingerprint density at radius 3 is 2.53 bits per heavy atom. The summed E-state index contributed by atoms with van der Waals surface area (Å²) in [7, 11) is 0. The molecular weight excluding hydrogens is 502 g/mol. The van der Waals surface area contributed by atoms with E-state index in [0.717, 1.165) is 24.7 Å². The van der Waals surface area contributed by atoms with Crippen LogP contribution in [0.3, 0.4) is 0 Å². The predicted molar refractivity (Wildman–Crippen MR) is 125 cm³/mol. The van der Waals surface area contributed by atoms with Gasteiger partial charge in [0.1, 0.15) is 29.3 Å². The Kier molecular flexibility index (Phi) is 4.58. The largest absolute Gasteiger partial charge is 0.443 e. The van der Waals surface area contributed by atoms with Gasteiger partial charge in [-0.25, -0.2) is 27.5 Å². The van der Waals surface area contributed by atoms with Gasteiger partial charge in [-0.1, -0.05) is 19.9 Å². The molecule has 0 radical (unpaired) electrons. The van der Waals surface area contributed by atoms with E-state index in [-0.39, 0.29) is 45.3 Å². The number of aliphatic hydroxyl groups excluding tert-OH is 1. The molecule has 3 aliphatic rings. The third-order valence-corrected chi connectivity index (χ3v) is 9.32. The molecule has 7 rings (SSSR count). The number of rotatable bonds is 5. The van der Waals surface area contributed by atoms with E-state index in [9.17, 15) is 22.7 Å². The Bertz CT molecular complexity index is 1610. The summed E-state index contributed by atoms with van der Waals surface area (Å²) in [6.07, 6.45) is 0.560.